The van der Waals surface area contributed by atoms with Gasteiger partial charge in [-0.25, -0.2) is 4.98 Å². The Morgan fingerprint density at radius 2 is 2.23 bits per heavy atom. The van der Waals surface area contributed by atoms with Gasteiger partial charge in [-0.2, -0.15) is 5.26 Å². The van der Waals surface area contributed by atoms with Crippen LogP contribution in [0, 0.1) is 17.2 Å². The number of anilines is 1. The first kappa shape index (κ1) is 16.3. The number of rotatable bonds is 7. The van der Waals surface area contributed by atoms with E-state index in [0.717, 1.165) is 12.8 Å². The Balaban J connectivity index is 1.85. The van der Waals surface area contributed by atoms with Gasteiger partial charge >= 0.3 is 0 Å². The molecule has 1 aromatic heterocycles. The van der Waals surface area contributed by atoms with Gasteiger partial charge in [0.05, 0.1) is 12.7 Å². The van der Waals surface area contributed by atoms with Crippen molar-refractivity contribution in [3.63, 3.8) is 0 Å². The predicted molar refractivity (Wildman–Crippen MR) is 84.4 cm³/mol. The number of carbonyl (C=O) groups is 1. The van der Waals surface area contributed by atoms with E-state index in [0.29, 0.717) is 43.4 Å². The molecule has 0 aromatic carbocycles. The molecule has 1 aromatic rings. The van der Waals surface area contributed by atoms with E-state index >= 15 is 0 Å². The molecule has 2 rings (SSSR count). The first-order valence-corrected chi connectivity index (χ1v) is 8.04. The molecule has 1 N–H and O–H groups in total. The van der Waals surface area contributed by atoms with Crippen molar-refractivity contribution in [1.82, 2.24) is 4.98 Å². The zero-order valence-corrected chi connectivity index (χ0v) is 12.9. The van der Waals surface area contributed by atoms with Crippen LogP contribution in [-0.4, -0.2) is 17.5 Å². The van der Waals surface area contributed by atoms with Gasteiger partial charge in [0.2, 0.25) is 5.91 Å². The Labute approximate surface area is 131 Å². The SMILES string of the molecule is N#CCCCOc1cccnc1NC(=O)CC1CCCCC1. The molecule has 118 valence electrons. The molecule has 0 aliphatic heterocycles. The van der Waals surface area contributed by atoms with E-state index in [1.54, 1.807) is 18.3 Å². The molecule has 1 heterocycles. The van der Waals surface area contributed by atoms with Gasteiger partial charge in [-0.3, -0.25) is 4.79 Å². The number of nitrogens with one attached hydrogen (secondary N) is 1. The summed E-state index contributed by atoms with van der Waals surface area (Å²) in [6, 6.07) is 5.64. The molecule has 1 aliphatic carbocycles. The number of nitrogens with zero attached hydrogens (tertiary/aromatic N) is 2. The fourth-order valence-corrected chi connectivity index (χ4v) is 2.77. The summed E-state index contributed by atoms with van der Waals surface area (Å²) in [5.74, 6) is 1.54. The summed E-state index contributed by atoms with van der Waals surface area (Å²) in [6.45, 7) is 0.449. The van der Waals surface area contributed by atoms with E-state index in [9.17, 15) is 4.79 Å². The lowest BCUT2D eigenvalue weighted by atomic mass is 9.87. The smallest absolute Gasteiger partial charge is 0.225 e. The van der Waals surface area contributed by atoms with Crippen LogP contribution in [0.25, 0.3) is 0 Å². The molecule has 1 fully saturated rings. The fourth-order valence-electron chi connectivity index (χ4n) is 2.77. The van der Waals surface area contributed by atoms with E-state index in [1.165, 1.54) is 19.3 Å². The Morgan fingerprint density at radius 3 is 3.00 bits per heavy atom. The van der Waals surface area contributed by atoms with Gasteiger partial charge in [0.1, 0.15) is 0 Å². The topological polar surface area (TPSA) is 75.0 Å². The van der Waals surface area contributed by atoms with E-state index in [4.69, 9.17) is 10.00 Å². The van der Waals surface area contributed by atoms with Crippen molar-refractivity contribution in [1.29, 1.82) is 5.26 Å². The third-order valence-corrected chi connectivity index (χ3v) is 3.92. The van der Waals surface area contributed by atoms with Crippen molar-refractivity contribution >= 4 is 11.7 Å². The van der Waals surface area contributed by atoms with Crippen LogP contribution in [0.5, 0.6) is 5.75 Å². The minimum atomic E-state index is 0.00692. The highest BCUT2D eigenvalue weighted by molar-refractivity contribution is 5.91. The summed E-state index contributed by atoms with van der Waals surface area (Å²) in [6.07, 6.45) is 9.37. The van der Waals surface area contributed by atoms with Crippen LogP contribution in [-0.2, 0) is 4.79 Å². The van der Waals surface area contributed by atoms with Gasteiger partial charge in [0.15, 0.2) is 11.6 Å². The minimum absolute atomic E-state index is 0.00692. The Kier molecular flexibility index (Phi) is 6.69. The molecule has 0 unspecified atom stereocenters. The quantitative estimate of drug-likeness (QED) is 0.780. The molecule has 1 saturated carbocycles. The average molecular weight is 301 g/mol. The van der Waals surface area contributed by atoms with Gasteiger partial charge in [-0.1, -0.05) is 19.3 Å². The summed E-state index contributed by atoms with van der Waals surface area (Å²) in [4.78, 5) is 16.3. The summed E-state index contributed by atoms with van der Waals surface area (Å²) in [7, 11) is 0. The lowest BCUT2D eigenvalue weighted by Crippen LogP contribution is -2.19. The van der Waals surface area contributed by atoms with E-state index in [2.05, 4.69) is 16.4 Å². The van der Waals surface area contributed by atoms with Crippen molar-refractivity contribution in [2.45, 2.75) is 51.4 Å². The fraction of sp³-hybridized carbons (Fsp3) is 0.588. The minimum Gasteiger partial charge on any atom is -0.490 e. The van der Waals surface area contributed by atoms with Crippen LogP contribution in [0.15, 0.2) is 18.3 Å². The lowest BCUT2D eigenvalue weighted by molar-refractivity contribution is -0.117. The molecule has 0 atom stereocenters. The molecule has 0 saturated heterocycles. The number of aromatic nitrogens is 1. The highest BCUT2D eigenvalue weighted by Gasteiger charge is 2.18. The first-order valence-electron chi connectivity index (χ1n) is 8.04. The molecule has 5 nitrogen and oxygen atoms in total. The Morgan fingerprint density at radius 1 is 1.41 bits per heavy atom. The van der Waals surface area contributed by atoms with Crippen LogP contribution >= 0.6 is 0 Å². The monoisotopic (exact) mass is 301 g/mol. The molecule has 22 heavy (non-hydrogen) atoms. The number of unbranched alkanes of at least 4 members (excludes halogenated alkanes) is 1. The summed E-state index contributed by atoms with van der Waals surface area (Å²) < 4.78 is 5.60. The molecular weight excluding hydrogens is 278 g/mol. The molecule has 0 spiro atoms. The molecular formula is C17H23N3O2. The van der Waals surface area contributed by atoms with Crippen molar-refractivity contribution in [3.8, 4) is 11.8 Å². The van der Waals surface area contributed by atoms with Crippen molar-refractivity contribution in [2.24, 2.45) is 5.92 Å². The Hall–Kier alpha value is -2.09. The summed E-state index contributed by atoms with van der Waals surface area (Å²) in [5, 5.41) is 11.4. The molecule has 0 radical (unpaired) electrons. The number of pyridine rings is 1. The number of carbonyl (C=O) groups excluding carboxylic acids is 1. The molecule has 5 heteroatoms. The average Bonchev–Trinajstić information content (AvgIpc) is 2.54. The normalized spacial score (nSPS) is 15.0. The largest absolute Gasteiger partial charge is 0.490 e. The van der Waals surface area contributed by atoms with Crippen LogP contribution in [0.3, 0.4) is 0 Å². The number of hydrogen-bond acceptors (Lipinski definition) is 4. The van der Waals surface area contributed by atoms with E-state index < -0.39 is 0 Å². The maximum Gasteiger partial charge on any atom is 0.225 e. The second-order valence-corrected chi connectivity index (χ2v) is 5.72. The van der Waals surface area contributed by atoms with Crippen molar-refractivity contribution in [2.75, 3.05) is 11.9 Å². The maximum absolute atomic E-state index is 12.2. The highest BCUT2D eigenvalue weighted by atomic mass is 16.5. The number of hydrogen-bond donors (Lipinski definition) is 1. The van der Waals surface area contributed by atoms with Crippen LogP contribution < -0.4 is 10.1 Å². The third-order valence-electron chi connectivity index (χ3n) is 3.92. The zero-order chi connectivity index (χ0) is 15.6. The summed E-state index contributed by atoms with van der Waals surface area (Å²) in [5.41, 5.74) is 0. The lowest BCUT2D eigenvalue weighted by Gasteiger charge is -2.21. The predicted octanol–water partition coefficient (Wildman–Crippen LogP) is 3.67. The van der Waals surface area contributed by atoms with Gasteiger partial charge < -0.3 is 10.1 Å². The second-order valence-electron chi connectivity index (χ2n) is 5.72. The van der Waals surface area contributed by atoms with Crippen LogP contribution in [0.1, 0.15) is 51.4 Å². The number of amides is 1. The van der Waals surface area contributed by atoms with Crippen LogP contribution in [0.4, 0.5) is 5.82 Å². The third kappa shape index (κ3) is 5.36. The Bertz CT molecular complexity index is 519. The van der Waals surface area contributed by atoms with Crippen LogP contribution in [0.2, 0.25) is 0 Å². The van der Waals surface area contributed by atoms with E-state index in [-0.39, 0.29) is 5.91 Å². The van der Waals surface area contributed by atoms with E-state index in [1.807, 2.05) is 0 Å². The van der Waals surface area contributed by atoms with Crippen molar-refractivity contribution < 1.29 is 9.53 Å². The first-order chi connectivity index (χ1) is 10.8. The highest BCUT2D eigenvalue weighted by Crippen LogP contribution is 2.27. The summed E-state index contributed by atoms with van der Waals surface area (Å²) >= 11 is 0. The zero-order valence-electron chi connectivity index (χ0n) is 12.9. The van der Waals surface area contributed by atoms with Gasteiger partial charge in [0, 0.05) is 19.0 Å². The van der Waals surface area contributed by atoms with Gasteiger partial charge in [-0.05, 0) is 37.3 Å². The molecule has 0 bridgehead atoms. The molecule has 1 amide bonds. The van der Waals surface area contributed by atoms with Gasteiger partial charge in [0.25, 0.3) is 0 Å². The molecule has 1 aliphatic rings. The number of nitriles is 1. The van der Waals surface area contributed by atoms with Crippen molar-refractivity contribution in [3.05, 3.63) is 18.3 Å². The number of ether oxygens (including phenoxy) is 1. The standard InChI is InChI=1S/C17H23N3O2/c18-10-4-5-12-22-15-9-6-11-19-17(15)20-16(21)13-14-7-2-1-3-8-14/h6,9,11,14H,1-5,7-8,12-13H2,(H,19,20,21). The maximum atomic E-state index is 12.2. The second kappa shape index (κ2) is 9.04. The van der Waals surface area contributed by atoms with Gasteiger partial charge in [-0.15, -0.1) is 0 Å².